The third-order valence-corrected chi connectivity index (χ3v) is 2.95. The van der Waals surface area contributed by atoms with Crippen LogP contribution in [0.25, 0.3) is 0 Å². The molecule has 1 aromatic rings. The van der Waals surface area contributed by atoms with Crippen molar-refractivity contribution in [1.29, 1.82) is 0 Å². The normalized spacial score (nSPS) is 13.6. The summed E-state index contributed by atoms with van der Waals surface area (Å²) in [7, 11) is 0. The lowest BCUT2D eigenvalue weighted by Crippen LogP contribution is -2.46. The van der Waals surface area contributed by atoms with Gasteiger partial charge in [0.1, 0.15) is 5.54 Å². The van der Waals surface area contributed by atoms with Gasteiger partial charge in [-0.3, -0.25) is 14.8 Å². The van der Waals surface area contributed by atoms with E-state index >= 15 is 0 Å². The van der Waals surface area contributed by atoms with Crippen molar-refractivity contribution in [3.05, 3.63) is 18.0 Å². The summed E-state index contributed by atoms with van der Waals surface area (Å²) in [6, 6.07) is 2.29. The van der Waals surface area contributed by atoms with E-state index in [1.165, 1.54) is 0 Å². The van der Waals surface area contributed by atoms with Crippen molar-refractivity contribution >= 4 is 5.97 Å². The fraction of sp³-hybridized carbons (Fsp3) is 0.667. The highest BCUT2D eigenvalue weighted by Crippen LogP contribution is 2.10. The Hall–Kier alpha value is -1.36. The Bertz CT molecular complexity index is 385. The second-order valence-corrected chi connectivity index (χ2v) is 4.83. The lowest BCUT2D eigenvalue weighted by molar-refractivity contribution is -0.143. The van der Waals surface area contributed by atoms with Crippen molar-refractivity contribution in [2.75, 3.05) is 0 Å². The summed E-state index contributed by atoms with van der Waals surface area (Å²) in [5.74, 6) is -0.862. The average molecular weight is 239 g/mol. The molecular formula is C12H21N3O2. The summed E-state index contributed by atoms with van der Waals surface area (Å²) in [6.45, 7) is 7.95. The van der Waals surface area contributed by atoms with E-state index in [0.717, 1.165) is 12.1 Å². The van der Waals surface area contributed by atoms with Crippen molar-refractivity contribution in [2.24, 2.45) is 0 Å². The number of hydrogen-bond donors (Lipinski definition) is 2. The molecule has 0 aliphatic carbocycles. The van der Waals surface area contributed by atoms with Crippen molar-refractivity contribution in [3.8, 4) is 0 Å². The average Bonchev–Trinajstić information content (AvgIpc) is 2.74. The Balaban J connectivity index is 2.59. The molecule has 96 valence electrons. The molecule has 1 heterocycles. The Morgan fingerprint density at radius 1 is 1.65 bits per heavy atom. The van der Waals surface area contributed by atoms with Crippen LogP contribution in [0.15, 0.2) is 12.3 Å². The molecule has 0 aliphatic heterocycles. The zero-order chi connectivity index (χ0) is 13.1. The summed E-state index contributed by atoms with van der Waals surface area (Å²) < 4.78 is 1.91. The van der Waals surface area contributed by atoms with Crippen LogP contribution in [0.2, 0.25) is 0 Å². The number of hydrogen-bond acceptors (Lipinski definition) is 3. The number of carboxylic acids is 1. The van der Waals surface area contributed by atoms with Crippen molar-refractivity contribution in [2.45, 2.75) is 52.2 Å². The first-order valence-corrected chi connectivity index (χ1v) is 5.89. The van der Waals surface area contributed by atoms with Crippen LogP contribution in [0.5, 0.6) is 0 Å². The summed E-state index contributed by atoms with van der Waals surface area (Å²) in [4.78, 5) is 10.9. The molecule has 1 rings (SSSR count). The molecule has 0 aromatic carbocycles. The molecule has 0 saturated heterocycles. The minimum Gasteiger partial charge on any atom is -0.480 e. The van der Waals surface area contributed by atoms with Crippen LogP contribution in [-0.4, -0.2) is 26.4 Å². The highest BCUT2D eigenvalue weighted by Gasteiger charge is 2.26. The lowest BCUT2D eigenvalue weighted by atomic mass is 10.1. The topological polar surface area (TPSA) is 67.2 Å². The Morgan fingerprint density at radius 2 is 2.29 bits per heavy atom. The quantitative estimate of drug-likeness (QED) is 0.794. The van der Waals surface area contributed by atoms with Gasteiger partial charge in [0.05, 0.1) is 5.69 Å². The van der Waals surface area contributed by atoms with Crippen LogP contribution in [0, 0.1) is 0 Å². The summed E-state index contributed by atoms with van der Waals surface area (Å²) in [5.41, 5.74) is -0.0696. The molecule has 0 amide bonds. The van der Waals surface area contributed by atoms with E-state index in [2.05, 4.69) is 24.3 Å². The molecule has 1 aromatic heterocycles. The van der Waals surface area contributed by atoms with Gasteiger partial charge in [-0.2, -0.15) is 5.10 Å². The van der Waals surface area contributed by atoms with E-state index in [-0.39, 0.29) is 0 Å². The van der Waals surface area contributed by atoms with Gasteiger partial charge in [0.25, 0.3) is 0 Å². The van der Waals surface area contributed by atoms with E-state index in [1.807, 2.05) is 16.9 Å². The fourth-order valence-corrected chi connectivity index (χ4v) is 1.29. The monoisotopic (exact) mass is 239 g/mol. The van der Waals surface area contributed by atoms with Crippen LogP contribution >= 0.6 is 0 Å². The van der Waals surface area contributed by atoms with E-state index in [4.69, 9.17) is 5.11 Å². The van der Waals surface area contributed by atoms with Crippen molar-refractivity contribution in [1.82, 2.24) is 15.1 Å². The van der Waals surface area contributed by atoms with E-state index in [0.29, 0.717) is 12.6 Å². The highest BCUT2D eigenvalue weighted by molar-refractivity contribution is 5.77. The zero-order valence-electron chi connectivity index (χ0n) is 10.9. The third-order valence-electron chi connectivity index (χ3n) is 2.95. The summed E-state index contributed by atoms with van der Waals surface area (Å²) in [5, 5.41) is 16.3. The van der Waals surface area contributed by atoms with E-state index in [9.17, 15) is 4.79 Å². The molecule has 0 bridgehead atoms. The molecule has 0 radical (unpaired) electrons. The number of rotatable bonds is 6. The van der Waals surface area contributed by atoms with Crippen LogP contribution in [0.4, 0.5) is 0 Å². The van der Waals surface area contributed by atoms with Crippen molar-refractivity contribution in [3.63, 3.8) is 0 Å². The molecule has 0 spiro atoms. The maximum atomic E-state index is 10.9. The summed E-state index contributed by atoms with van der Waals surface area (Å²) in [6.07, 6.45) is 2.95. The number of nitrogens with one attached hydrogen (secondary N) is 1. The molecular weight excluding hydrogens is 218 g/mol. The first-order valence-electron chi connectivity index (χ1n) is 5.89. The minimum atomic E-state index is -0.930. The lowest BCUT2D eigenvalue weighted by Gasteiger charge is -2.20. The molecule has 17 heavy (non-hydrogen) atoms. The van der Waals surface area contributed by atoms with Crippen LogP contribution in [-0.2, 0) is 11.3 Å². The van der Waals surface area contributed by atoms with E-state index < -0.39 is 11.5 Å². The molecule has 5 heteroatoms. The standard InChI is InChI=1S/C12H21N3O2/c1-5-9(2)15-7-6-10(14-15)8-13-12(3,4)11(16)17/h6-7,9,13H,5,8H2,1-4H3,(H,16,17). The molecule has 1 atom stereocenters. The fourth-order valence-electron chi connectivity index (χ4n) is 1.29. The molecule has 0 aliphatic rings. The minimum absolute atomic E-state index is 0.372. The second kappa shape index (κ2) is 5.31. The molecule has 1 unspecified atom stereocenters. The van der Waals surface area contributed by atoms with Gasteiger partial charge in [0, 0.05) is 18.8 Å². The van der Waals surface area contributed by atoms with Gasteiger partial charge >= 0.3 is 5.97 Å². The smallest absolute Gasteiger partial charge is 0.323 e. The molecule has 2 N–H and O–H groups in total. The predicted octanol–water partition coefficient (Wildman–Crippen LogP) is 1.81. The van der Waals surface area contributed by atoms with Gasteiger partial charge in [-0.25, -0.2) is 0 Å². The van der Waals surface area contributed by atoms with Crippen molar-refractivity contribution < 1.29 is 9.90 Å². The van der Waals surface area contributed by atoms with Crippen LogP contribution in [0.3, 0.4) is 0 Å². The van der Waals surface area contributed by atoms with Gasteiger partial charge < -0.3 is 5.11 Å². The zero-order valence-corrected chi connectivity index (χ0v) is 10.9. The first kappa shape index (κ1) is 13.7. The number of aliphatic carboxylic acids is 1. The van der Waals surface area contributed by atoms with Gasteiger partial charge in [-0.15, -0.1) is 0 Å². The maximum Gasteiger partial charge on any atom is 0.323 e. The molecule has 0 fully saturated rings. The molecule has 0 saturated carbocycles. The number of aromatic nitrogens is 2. The van der Waals surface area contributed by atoms with E-state index in [1.54, 1.807) is 13.8 Å². The Kier molecular flexibility index (Phi) is 4.28. The maximum absolute atomic E-state index is 10.9. The Labute approximate surface area is 102 Å². The second-order valence-electron chi connectivity index (χ2n) is 4.83. The largest absolute Gasteiger partial charge is 0.480 e. The van der Waals surface area contributed by atoms with Gasteiger partial charge in [0.15, 0.2) is 0 Å². The van der Waals surface area contributed by atoms with Crippen LogP contribution < -0.4 is 5.32 Å². The number of carbonyl (C=O) groups is 1. The van der Waals surface area contributed by atoms with Gasteiger partial charge in [-0.05, 0) is 33.3 Å². The van der Waals surface area contributed by atoms with Crippen LogP contribution in [0.1, 0.15) is 45.9 Å². The summed E-state index contributed by atoms with van der Waals surface area (Å²) >= 11 is 0. The van der Waals surface area contributed by atoms with Gasteiger partial charge in [0.2, 0.25) is 0 Å². The number of carboxylic acid groups (broad SMARTS) is 1. The Morgan fingerprint density at radius 3 is 2.82 bits per heavy atom. The SMILES string of the molecule is CCC(C)n1ccc(CNC(C)(C)C(=O)O)n1. The number of nitrogens with zero attached hydrogens (tertiary/aromatic N) is 2. The third kappa shape index (κ3) is 3.56. The highest BCUT2D eigenvalue weighted by atomic mass is 16.4. The first-order chi connectivity index (χ1) is 7.86. The predicted molar refractivity (Wildman–Crippen MR) is 65.8 cm³/mol. The van der Waals surface area contributed by atoms with Gasteiger partial charge in [-0.1, -0.05) is 6.92 Å². The molecule has 5 nitrogen and oxygen atoms in total.